The maximum atomic E-state index is 6.38. The van der Waals surface area contributed by atoms with Gasteiger partial charge in [0.25, 0.3) is 0 Å². The van der Waals surface area contributed by atoms with Gasteiger partial charge in [-0.25, -0.2) is 4.99 Å². The Bertz CT molecular complexity index is 696. The first kappa shape index (κ1) is 15.3. The Hall–Kier alpha value is -2.29. The van der Waals surface area contributed by atoms with Crippen LogP contribution in [0.5, 0.6) is 0 Å². The van der Waals surface area contributed by atoms with Crippen molar-refractivity contribution in [3.63, 3.8) is 0 Å². The summed E-state index contributed by atoms with van der Waals surface area (Å²) in [5, 5.41) is 0. The average Bonchev–Trinajstić information content (AvgIpc) is 3.05. The molecular weight excluding hydrogens is 294 g/mol. The van der Waals surface area contributed by atoms with E-state index in [0.717, 1.165) is 25.2 Å². The van der Waals surface area contributed by atoms with Crippen LogP contribution in [-0.4, -0.2) is 22.9 Å². The highest BCUT2D eigenvalue weighted by Crippen LogP contribution is 2.37. The van der Waals surface area contributed by atoms with Crippen molar-refractivity contribution in [1.29, 1.82) is 0 Å². The summed E-state index contributed by atoms with van der Waals surface area (Å²) in [6, 6.07) is 22.6. The largest absolute Gasteiger partial charge is 0.370 e. The summed E-state index contributed by atoms with van der Waals surface area (Å²) in [7, 11) is 0. The lowest BCUT2D eigenvalue weighted by molar-refractivity contribution is 0.256. The van der Waals surface area contributed by atoms with Gasteiger partial charge in [0.1, 0.15) is 0 Å². The van der Waals surface area contributed by atoms with E-state index in [2.05, 4.69) is 65.6 Å². The molecule has 3 atom stereocenters. The maximum Gasteiger partial charge on any atom is 0.192 e. The molecule has 0 bridgehead atoms. The molecule has 3 heteroatoms. The van der Waals surface area contributed by atoms with Crippen LogP contribution >= 0.6 is 0 Å². The summed E-state index contributed by atoms with van der Waals surface area (Å²) in [5.74, 6) is 0.746. The summed E-state index contributed by atoms with van der Waals surface area (Å²) in [6.45, 7) is 0. The van der Waals surface area contributed by atoms with Crippen LogP contribution in [0.25, 0.3) is 0 Å². The molecule has 0 saturated carbocycles. The van der Waals surface area contributed by atoms with Crippen LogP contribution in [0.2, 0.25) is 0 Å². The first-order valence-corrected chi connectivity index (χ1v) is 9.02. The summed E-state index contributed by atoms with van der Waals surface area (Å²) in [6.07, 6.45) is 5.83. The predicted octanol–water partition coefficient (Wildman–Crippen LogP) is 3.91. The molecule has 2 heterocycles. The number of benzene rings is 2. The summed E-state index contributed by atoms with van der Waals surface area (Å²) < 4.78 is 0. The first-order valence-electron chi connectivity index (χ1n) is 9.02. The Balaban J connectivity index is 1.46. The smallest absolute Gasteiger partial charge is 0.192 e. The normalized spacial score (nSPS) is 26.1. The number of nitrogens with zero attached hydrogens (tertiary/aromatic N) is 2. The molecule has 0 unspecified atom stereocenters. The highest BCUT2D eigenvalue weighted by Gasteiger charge is 2.39. The molecule has 2 aromatic rings. The van der Waals surface area contributed by atoms with Gasteiger partial charge in [0.15, 0.2) is 5.96 Å². The number of guanidine groups is 1. The van der Waals surface area contributed by atoms with Gasteiger partial charge >= 0.3 is 0 Å². The zero-order valence-corrected chi connectivity index (χ0v) is 14.0. The van der Waals surface area contributed by atoms with Crippen molar-refractivity contribution in [2.45, 2.75) is 50.2 Å². The minimum atomic E-state index is 0.223. The van der Waals surface area contributed by atoms with Crippen molar-refractivity contribution < 1.29 is 0 Å². The molecule has 1 fully saturated rings. The topological polar surface area (TPSA) is 41.6 Å². The molecule has 124 valence electrons. The molecule has 1 saturated heterocycles. The number of aryl methyl sites for hydroxylation is 1. The van der Waals surface area contributed by atoms with Crippen molar-refractivity contribution >= 4 is 5.96 Å². The van der Waals surface area contributed by atoms with E-state index >= 15 is 0 Å². The lowest BCUT2D eigenvalue weighted by atomic mass is 9.97. The minimum absolute atomic E-state index is 0.223. The lowest BCUT2D eigenvalue weighted by Gasteiger charge is -2.37. The number of aliphatic imine (C=N–C) groups is 1. The molecule has 3 nitrogen and oxygen atoms in total. The standard InChI is InChI=1S/C21H25N3/c22-21-23-20(17-9-5-2-6-10-17)15-19-14-13-18(24(19)21)12-11-16-7-3-1-4-8-16/h1-10,18-20H,11-15H2,(H2,22,23)/t18-,19+,20-/m0/s1. The monoisotopic (exact) mass is 319 g/mol. The van der Waals surface area contributed by atoms with Crippen molar-refractivity contribution in [1.82, 2.24) is 4.90 Å². The van der Waals surface area contributed by atoms with Gasteiger partial charge in [-0.1, -0.05) is 60.7 Å². The van der Waals surface area contributed by atoms with E-state index in [1.54, 1.807) is 0 Å². The van der Waals surface area contributed by atoms with E-state index in [1.165, 1.54) is 24.0 Å². The predicted molar refractivity (Wildman–Crippen MR) is 98.8 cm³/mol. The highest BCUT2D eigenvalue weighted by atomic mass is 15.3. The molecule has 0 aliphatic carbocycles. The van der Waals surface area contributed by atoms with Crippen LogP contribution in [0.1, 0.15) is 42.9 Å². The molecule has 2 aromatic carbocycles. The fourth-order valence-corrected chi connectivity index (χ4v) is 4.25. The fraction of sp³-hybridized carbons (Fsp3) is 0.381. The van der Waals surface area contributed by atoms with Crippen LogP contribution in [-0.2, 0) is 6.42 Å². The molecule has 0 aromatic heterocycles. The molecule has 2 aliphatic heterocycles. The van der Waals surface area contributed by atoms with E-state index in [1.807, 2.05) is 0 Å². The Morgan fingerprint density at radius 2 is 1.67 bits per heavy atom. The van der Waals surface area contributed by atoms with E-state index < -0.39 is 0 Å². The van der Waals surface area contributed by atoms with Crippen molar-refractivity contribution in [2.75, 3.05) is 0 Å². The second-order valence-electron chi connectivity index (χ2n) is 6.97. The van der Waals surface area contributed by atoms with Crippen molar-refractivity contribution in [3.8, 4) is 0 Å². The van der Waals surface area contributed by atoms with Gasteiger partial charge in [-0.05, 0) is 43.2 Å². The number of hydrogen-bond acceptors (Lipinski definition) is 3. The van der Waals surface area contributed by atoms with Crippen molar-refractivity contribution in [2.24, 2.45) is 10.7 Å². The zero-order chi connectivity index (χ0) is 16.4. The molecule has 0 spiro atoms. The zero-order valence-electron chi connectivity index (χ0n) is 14.0. The highest BCUT2D eigenvalue weighted by molar-refractivity contribution is 5.80. The number of hydrogen-bond donors (Lipinski definition) is 1. The van der Waals surface area contributed by atoms with Crippen LogP contribution in [0.3, 0.4) is 0 Å². The molecular formula is C21H25N3. The van der Waals surface area contributed by atoms with Crippen LogP contribution < -0.4 is 5.73 Å². The molecule has 2 aliphatic rings. The molecule has 0 radical (unpaired) electrons. The maximum absolute atomic E-state index is 6.38. The van der Waals surface area contributed by atoms with E-state index in [4.69, 9.17) is 10.7 Å². The van der Waals surface area contributed by atoms with Crippen molar-refractivity contribution in [3.05, 3.63) is 71.8 Å². The van der Waals surface area contributed by atoms with Gasteiger partial charge in [-0.2, -0.15) is 0 Å². The van der Waals surface area contributed by atoms with Gasteiger partial charge < -0.3 is 10.6 Å². The van der Waals surface area contributed by atoms with Gasteiger partial charge in [0.05, 0.1) is 6.04 Å². The van der Waals surface area contributed by atoms with E-state index in [-0.39, 0.29) is 6.04 Å². The first-order chi connectivity index (χ1) is 11.8. The summed E-state index contributed by atoms with van der Waals surface area (Å²) >= 11 is 0. The number of rotatable bonds is 4. The average molecular weight is 319 g/mol. The summed E-state index contributed by atoms with van der Waals surface area (Å²) in [4.78, 5) is 7.23. The number of nitrogens with two attached hydrogens (primary N) is 1. The molecule has 2 N–H and O–H groups in total. The molecule has 0 amide bonds. The van der Waals surface area contributed by atoms with Gasteiger partial charge in [-0.15, -0.1) is 0 Å². The quantitative estimate of drug-likeness (QED) is 0.928. The Morgan fingerprint density at radius 1 is 0.958 bits per heavy atom. The van der Waals surface area contributed by atoms with Gasteiger partial charge in [0.2, 0.25) is 0 Å². The minimum Gasteiger partial charge on any atom is -0.370 e. The van der Waals surface area contributed by atoms with Crippen LogP contribution in [0.15, 0.2) is 65.7 Å². The third kappa shape index (κ3) is 3.03. The second-order valence-corrected chi connectivity index (χ2v) is 6.97. The lowest BCUT2D eigenvalue weighted by Crippen LogP contribution is -2.48. The third-order valence-electron chi connectivity index (χ3n) is 5.46. The third-order valence-corrected chi connectivity index (χ3v) is 5.46. The number of fused-ring (bicyclic) bond motifs is 1. The molecule has 4 rings (SSSR count). The Labute approximate surface area is 144 Å². The van der Waals surface area contributed by atoms with Gasteiger partial charge in [0, 0.05) is 12.1 Å². The van der Waals surface area contributed by atoms with Crippen LogP contribution in [0.4, 0.5) is 0 Å². The Morgan fingerprint density at radius 3 is 2.42 bits per heavy atom. The SMILES string of the molecule is NC1=N[C@H](c2ccccc2)C[C@H]2CC[C@H](CCc3ccccc3)N12. The van der Waals surface area contributed by atoms with E-state index in [9.17, 15) is 0 Å². The van der Waals surface area contributed by atoms with E-state index in [0.29, 0.717) is 12.1 Å². The van der Waals surface area contributed by atoms with Crippen LogP contribution in [0, 0.1) is 0 Å². The summed E-state index contributed by atoms with van der Waals surface area (Å²) in [5.41, 5.74) is 9.08. The molecule has 24 heavy (non-hydrogen) atoms. The second kappa shape index (κ2) is 6.68. The Kier molecular flexibility index (Phi) is 4.24. The van der Waals surface area contributed by atoms with Gasteiger partial charge in [-0.3, -0.25) is 0 Å². The fourth-order valence-electron chi connectivity index (χ4n) is 4.25.